The maximum absolute atomic E-state index is 12.7. The van der Waals surface area contributed by atoms with E-state index < -0.39 is 0 Å². The van der Waals surface area contributed by atoms with Crippen molar-refractivity contribution in [3.8, 4) is 0 Å². The highest BCUT2D eigenvalue weighted by Gasteiger charge is 2.12. The Morgan fingerprint density at radius 2 is 1.32 bits per heavy atom. The third-order valence-corrected chi connectivity index (χ3v) is 4.50. The Morgan fingerprint density at radius 3 is 2.05 bits per heavy atom. The maximum atomic E-state index is 12.7. The molecule has 0 N–H and O–H groups in total. The number of thioether (sulfide) groups is 1. The lowest BCUT2D eigenvalue weighted by Gasteiger charge is -2.08. The van der Waals surface area contributed by atoms with Gasteiger partial charge in [-0.15, -0.1) is 11.8 Å². The van der Waals surface area contributed by atoms with E-state index in [0.717, 1.165) is 22.4 Å². The Kier molecular flexibility index (Phi) is 4.71. The summed E-state index contributed by atoms with van der Waals surface area (Å²) in [4.78, 5) is 13.9. The van der Waals surface area contributed by atoms with Gasteiger partial charge in [0.1, 0.15) is 0 Å². The number of carbonyl (C=O) groups is 1. The van der Waals surface area contributed by atoms with E-state index in [-0.39, 0.29) is 5.78 Å². The lowest BCUT2D eigenvalue weighted by Crippen LogP contribution is -2.04. The molecule has 0 saturated heterocycles. The first-order valence-electron chi connectivity index (χ1n) is 7.20. The SMILES string of the molecule is O=C(c1ccccc1)c1ccccc1CSc1ccccc1. The Balaban J connectivity index is 1.82. The first kappa shape index (κ1) is 14.6. The third kappa shape index (κ3) is 3.46. The van der Waals surface area contributed by atoms with E-state index in [1.54, 1.807) is 11.8 Å². The standard InChI is InChI=1S/C20H16OS/c21-20(16-9-3-1-4-10-16)19-14-8-7-11-17(19)15-22-18-12-5-2-6-13-18/h1-14H,15H2. The zero-order valence-corrected chi connectivity index (χ0v) is 12.9. The van der Waals surface area contributed by atoms with Crippen molar-refractivity contribution in [2.24, 2.45) is 0 Å². The minimum atomic E-state index is 0.0878. The molecule has 22 heavy (non-hydrogen) atoms. The molecule has 0 unspecified atom stereocenters. The van der Waals surface area contributed by atoms with Crippen LogP contribution in [0, 0.1) is 0 Å². The van der Waals surface area contributed by atoms with Crippen molar-refractivity contribution >= 4 is 17.5 Å². The first-order valence-corrected chi connectivity index (χ1v) is 8.18. The van der Waals surface area contributed by atoms with Gasteiger partial charge in [0.25, 0.3) is 0 Å². The molecule has 0 heterocycles. The summed E-state index contributed by atoms with van der Waals surface area (Å²) in [5, 5.41) is 0. The molecule has 2 heteroatoms. The van der Waals surface area contributed by atoms with Crippen LogP contribution in [0.4, 0.5) is 0 Å². The van der Waals surface area contributed by atoms with E-state index in [9.17, 15) is 4.79 Å². The highest BCUT2D eigenvalue weighted by atomic mass is 32.2. The normalized spacial score (nSPS) is 10.4. The van der Waals surface area contributed by atoms with Gasteiger partial charge < -0.3 is 0 Å². The summed E-state index contributed by atoms with van der Waals surface area (Å²) in [5.74, 6) is 0.878. The molecule has 0 spiro atoms. The molecular formula is C20H16OS. The van der Waals surface area contributed by atoms with Crippen molar-refractivity contribution in [2.45, 2.75) is 10.6 Å². The molecular weight excluding hydrogens is 288 g/mol. The van der Waals surface area contributed by atoms with E-state index in [1.807, 2.05) is 72.8 Å². The maximum Gasteiger partial charge on any atom is 0.193 e. The van der Waals surface area contributed by atoms with Crippen LogP contribution in [0.2, 0.25) is 0 Å². The van der Waals surface area contributed by atoms with E-state index in [0.29, 0.717) is 0 Å². The highest BCUT2D eigenvalue weighted by Crippen LogP contribution is 2.25. The van der Waals surface area contributed by atoms with Gasteiger partial charge in [-0.3, -0.25) is 4.79 Å². The van der Waals surface area contributed by atoms with E-state index in [4.69, 9.17) is 0 Å². The number of hydrogen-bond acceptors (Lipinski definition) is 2. The van der Waals surface area contributed by atoms with Crippen molar-refractivity contribution < 1.29 is 4.79 Å². The summed E-state index contributed by atoms with van der Waals surface area (Å²) in [5.41, 5.74) is 2.60. The van der Waals surface area contributed by atoms with Crippen LogP contribution in [-0.4, -0.2) is 5.78 Å². The van der Waals surface area contributed by atoms with Crippen LogP contribution in [0.5, 0.6) is 0 Å². The molecule has 0 aliphatic heterocycles. The van der Waals surface area contributed by atoms with Gasteiger partial charge in [-0.2, -0.15) is 0 Å². The van der Waals surface area contributed by atoms with Crippen molar-refractivity contribution in [3.05, 3.63) is 102 Å². The molecule has 108 valence electrons. The molecule has 0 atom stereocenters. The second kappa shape index (κ2) is 7.10. The first-order chi connectivity index (χ1) is 10.8. The van der Waals surface area contributed by atoms with Gasteiger partial charge in [-0.1, -0.05) is 72.8 Å². The largest absolute Gasteiger partial charge is 0.289 e. The number of benzene rings is 3. The van der Waals surface area contributed by atoms with Gasteiger partial charge in [-0.05, 0) is 17.7 Å². The molecule has 0 aromatic heterocycles. The van der Waals surface area contributed by atoms with Gasteiger partial charge >= 0.3 is 0 Å². The van der Waals surface area contributed by atoms with Crippen molar-refractivity contribution in [1.29, 1.82) is 0 Å². The molecule has 1 nitrogen and oxygen atoms in total. The zero-order valence-electron chi connectivity index (χ0n) is 12.1. The summed E-state index contributed by atoms with van der Waals surface area (Å²) < 4.78 is 0. The Bertz CT molecular complexity index is 751. The molecule has 0 aliphatic carbocycles. The van der Waals surface area contributed by atoms with E-state index >= 15 is 0 Å². The van der Waals surface area contributed by atoms with Crippen LogP contribution in [0.3, 0.4) is 0 Å². The Hall–Kier alpha value is -2.32. The minimum Gasteiger partial charge on any atom is -0.289 e. The number of rotatable bonds is 5. The second-order valence-electron chi connectivity index (χ2n) is 4.95. The molecule has 3 aromatic carbocycles. The summed E-state index contributed by atoms with van der Waals surface area (Å²) in [6.45, 7) is 0. The van der Waals surface area contributed by atoms with Crippen LogP contribution >= 0.6 is 11.8 Å². The second-order valence-corrected chi connectivity index (χ2v) is 6.00. The van der Waals surface area contributed by atoms with Crippen molar-refractivity contribution in [1.82, 2.24) is 0 Å². The quantitative estimate of drug-likeness (QED) is 0.475. The minimum absolute atomic E-state index is 0.0878. The predicted molar refractivity (Wildman–Crippen MR) is 92.3 cm³/mol. The topological polar surface area (TPSA) is 17.1 Å². The molecule has 3 aromatic rings. The summed E-state index contributed by atoms with van der Waals surface area (Å²) in [7, 11) is 0. The summed E-state index contributed by atoms with van der Waals surface area (Å²) in [6, 6.07) is 27.6. The fourth-order valence-corrected chi connectivity index (χ4v) is 3.21. The van der Waals surface area contributed by atoms with Crippen LogP contribution in [0.1, 0.15) is 21.5 Å². The summed E-state index contributed by atoms with van der Waals surface area (Å²) >= 11 is 1.75. The smallest absolute Gasteiger partial charge is 0.193 e. The number of ketones is 1. The summed E-state index contributed by atoms with van der Waals surface area (Å²) in [6.07, 6.45) is 0. The Morgan fingerprint density at radius 1 is 0.727 bits per heavy atom. The molecule has 0 amide bonds. The predicted octanol–water partition coefficient (Wildman–Crippen LogP) is 5.21. The molecule has 0 fully saturated rings. The fourth-order valence-electron chi connectivity index (χ4n) is 2.29. The van der Waals surface area contributed by atoms with E-state index in [1.165, 1.54) is 4.90 Å². The molecule has 0 saturated carbocycles. The van der Waals surface area contributed by atoms with Gasteiger partial charge in [0, 0.05) is 21.8 Å². The van der Waals surface area contributed by atoms with Gasteiger partial charge in [0.15, 0.2) is 5.78 Å². The lowest BCUT2D eigenvalue weighted by molar-refractivity contribution is 0.103. The average Bonchev–Trinajstić information content (AvgIpc) is 2.61. The van der Waals surface area contributed by atoms with Crippen LogP contribution < -0.4 is 0 Å². The molecule has 0 bridgehead atoms. The van der Waals surface area contributed by atoms with Crippen molar-refractivity contribution in [3.63, 3.8) is 0 Å². The molecule has 3 rings (SSSR count). The zero-order chi connectivity index (χ0) is 15.2. The fraction of sp³-hybridized carbons (Fsp3) is 0.0500. The highest BCUT2D eigenvalue weighted by molar-refractivity contribution is 7.98. The van der Waals surface area contributed by atoms with Gasteiger partial charge in [0.05, 0.1) is 0 Å². The van der Waals surface area contributed by atoms with E-state index in [2.05, 4.69) is 12.1 Å². The average molecular weight is 304 g/mol. The molecule has 0 radical (unpaired) electrons. The lowest BCUT2D eigenvalue weighted by atomic mass is 9.99. The van der Waals surface area contributed by atoms with Crippen molar-refractivity contribution in [2.75, 3.05) is 0 Å². The van der Waals surface area contributed by atoms with Gasteiger partial charge in [-0.25, -0.2) is 0 Å². The van der Waals surface area contributed by atoms with Crippen LogP contribution in [0.15, 0.2) is 89.8 Å². The number of hydrogen-bond donors (Lipinski definition) is 0. The van der Waals surface area contributed by atoms with Crippen LogP contribution in [-0.2, 0) is 5.75 Å². The Labute approximate surface area is 135 Å². The third-order valence-electron chi connectivity index (χ3n) is 3.44. The monoisotopic (exact) mass is 304 g/mol. The number of carbonyl (C=O) groups excluding carboxylic acids is 1. The van der Waals surface area contributed by atoms with Crippen LogP contribution in [0.25, 0.3) is 0 Å². The molecule has 0 aliphatic rings. The van der Waals surface area contributed by atoms with Gasteiger partial charge in [0.2, 0.25) is 0 Å².